The van der Waals surface area contributed by atoms with Crippen LogP contribution in [-0.2, 0) is 47.7 Å². The summed E-state index contributed by atoms with van der Waals surface area (Å²) >= 11 is 3.57. The van der Waals surface area contributed by atoms with Crippen LogP contribution in [0.5, 0.6) is 0 Å². The van der Waals surface area contributed by atoms with Gasteiger partial charge in [-0.3, -0.25) is 24.0 Å². The maximum Gasteiger partial charge on any atom is 0.326 e. The molecule has 2 atom stereocenters. The molecular formula is C46H90FN3O11S3. The van der Waals surface area contributed by atoms with Crippen LogP contribution in [0.1, 0.15) is 168 Å². The van der Waals surface area contributed by atoms with Crippen molar-refractivity contribution < 1.29 is 56.7 Å². The van der Waals surface area contributed by atoms with Gasteiger partial charge < -0.3 is 40.0 Å². The smallest absolute Gasteiger partial charge is 0.326 e. The number of ketones is 2. The lowest BCUT2D eigenvalue weighted by Gasteiger charge is -2.14. The molecule has 0 fully saturated rings. The summed E-state index contributed by atoms with van der Waals surface area (Å²) in [6.07, 6.45) is 22.9. The van der Waals surface area contributed by atoms with E-state index in [0.717, 1.165) is 38.5 Å². The molecule has 0 saturated carbocycles. The molecule has 0 bridgehead atoms. The van der Waals surface area contributed by atoms with E-state index in [9.17, 15) is 37.8 Å². The Labute approximate surface area is 401 Å². The highest BCUT2D eigenvalue weighted by molar-refractivity contribution is 8.70. The van der Waals surface area contributed by atoms with Crippen molar-refractivity contribution in [2.24, 2.45) is 5.92 Å². The fourth-order valence-electron chi connectivity index (χ4n) is 6.20. The van der Waals surface area contributed by atoms with E-state index in [4.69, 9.17) is 22.3 Å². The predicted octanol–water partition coefficient (Wildman–Crippen LogP) is 8.14. The molecule has 380 valence electrons. The molecular weight excluding hydrogens is 886 g/mol. The topological polar surface area (TPSA) is 196 Å². The van der Waals surface area contributed by atoms with E-state index in [1.54, 1.807) is 6.92 Å². The Morgan fingerprint density at radius 2 is 1.17 bits per heavy atom. The average Bonchev–Trinajstić information content (AvgIpc) is 3.24. The summed E-state index contributed by atoms with van der Waals surface area (Å²) in [5.74, 6) is -1.76. The summed E-state index contributed by atoms with van der Waals surface area (Å²) in [7, 11) is -4.68. The second-order valence-electron chi connectivity index (χ2n) is 16.2. The number of thiol groups is 1. The number of halogens is 1. The molecule has 0 aliphatic heterocycles. The fraction of sp³-hybridized carbons (Fsp3) is 0.870. The minimum atomic E-state index is -5.40. The van der Waals surface area contributed by atoms with Crippen LogP contribution in [-0.4, -0.2) is 127 Å². The average molecular weight is 981 g/mol. The second kappa shape index (κ2) is 49.0. The summed E-state index contributed by atoms with van der Waals surface area (Å²) in [5, 5.41) is 17.1. The highest BCUT2D eigenvalue weighted by Gasteiger charge is 2.21. The first-order valence-corrected chi connectivity index (χ1v) is 27.5. The van der Waals surface area contributed by atoms with Crippen LogP contribution in [0.15, 0.2) is 0 Å². The molecule has 0 saturated heterocycles. The van der Waals surface area contributed by atoms with E-state index in [1.165, 1.54) is 77.0 Å². The molecule has 0 aliphatic carbocycles. The Morgan fingerprint density at radius 1 is 0.672 bits per heavy atom. The van der Waals surface area contributed by atoms with Crippen LogP contribution >= 0.6 is 33.4 Å². The number of rotatable bonds is 46. The summed E-state index contributed by atoms with van der Waals surface area (Å²) in [5.41, 5.74) is 0. The van der Waals surface area contributed by atoms with E-state index in [2.05, 4.69) is 34.5 Å². The number of hydrogen-bond acceptors (Lipinski definition) is 12. The minimum Gasteiger partial charge on any atom is -0.480 e. The Morgan fingerprint density at radius 3 is 1.66 bits per heavy atom. The molecule has 18 heteroatoms. The van der Waals surface area contributed by atoms with Crippen molar-refractivity contribution in [2.45, 2.75) is 174 Å². The highest BCUT2D eigenvalue weighted by Crippen LogP contribution is 2.27. The van der Waals surface area contributed by atoms with Gasteiger partial charge >= 0.3 is 5.97 Å². The van der Waals surface area contributed by atoms with Crippen molar-refractivity contribution in [3.05, 3.63) is 0 Å². The number of carboxylic acid groups (broad SMARTS) is 1. The van der Waals surface area contributed by atoms with E-state index in [1.807, 2.05) is 6.92 Å². The lowest BCUT2D eigenvalue weighted by Crippen LogP contribution is -2.41. The number of carboxylic acids is 1. The van der Waals surface area contributed by atoms with E-state index < -0.39 is 28.1 Å². The number of amides is 3. The molecule has 0 heterocycles. The van der Waals surface area contributed by atoms with Crippen molar-refractivity contribution in [1.29, 1.82) is 3.37 Å². The Bertz CT molecular complexity index is 1340. The number of ether oxygens (including phenoxy) is 4. The third kappa shape index (κ3) is 49.5. The van der Waals surface area contributed by atoms with E-state index in [-0.39, 0.29) is 101 Å². The third-order valence-corrected chi connectivity index (χ3v) is 12.8. The van der Waals surface area contributed by atoms with Gasteiger partial charge in [-0.25, -0.2) is 8.68 Å². The first kappa shape index (κ1) is 58.2. The highest BCUT2D eigenvalue weighted by atomic mass is 33.1. The van der Waals surface area contributed by atoms with Gasteiger partial charge in [0, 0.05) is 50.0 Å². The number of unbranched alkanes of at least 4 members (excludes halogenated alkanes) is 15. The minimum absolute atomic E-state index is 0.0541. The zero-order valence-electron chi connectivity index (χ0n) is 42.9. The molecule has 1 unspecified atom stereocenters. The van der Waals surface area contributed by atoms with Gasteiger partial charge in [-0.2, -0.15) is 11.0 Å². The fourth-order valence-corrected chi connectivity index (χ4v) is 8.08. The van der Waals surface area contributed by atoms with Crippen molar-refractivity contribution in [2.75, 3.05) is 77.3 Å². The quantitative estimate of drug-likeness (QED) is 0.0224. The third-order valence-electron chi connectivity index (χ3n) is 10.2. The molecule has 0 spiro atoms. The van der Waals surface area contributed by atoms with Crippen molar-refractivity contribution in [3.8, 4) is 0 Å². The van der Waals surface area contributed by atoms with Crippen LogP contribution in [0.4, 0.5) is 3.89 Å². The number of carbonyl (C=O) groups excluding carboxylic acids is 5. The van der Waals surface area contributed by atoms with Gasteiger partial charge in [-0.05, 0) is 45.3 Å². The number of nitrogens with one attached hydrogen (secondary N) is 3. The number of hydrogen-bond donors (Lipinski definition) is 5. The van der Waals surface area contributed by atoms with Crippen LogP contribution in [0.25, 0.3) is 0 Å². The molecule has 0 rings (SSSR count). The van der Waals surface area contributed by atoms with Crippen molar-refractivity contribution >= 4 is 68.7 Å². The van der Waals surface area contributed by atoms with Gasteiger partial charge in [0.15, 0.2) is 0 Å². The van der Waals surface area contributed by atoms with Gasteiger partial charge in [0.05, 0.1) is 36.4 Å². The molecule has 0 radical (unpaired) electrons. The molecule has 64 heavy (non-hydrogen) atoms. The molecule has 0 aromatic heterocycles. The van der Waals surface area contributed by atoms with Crippen LogP contribution in [0, 0.1) is 5.92 Å². The maximum absolute atomic E-state index is 12.8. The number of carbonyl (C=O) groups is 6. The normalized spacial score (nSPS) is 14.0. The molecule has 0 aromatic rings. The van der Waals surface area contributed by atoms with Crippen molar-refractivity contribution in [1.82, 2.24) is 16.0 Å². The zero-order valence-corrected chi connectivity index (χ0v) is 42.4. The van der Waals surface area contributed by atoms with Crippen molar-refractivity contribution in [3.63, 3.8) is 0 Å². The summed E-state index contributed by atoms with van der Waals surface area (Å²) in [6.45, 7) is 8.03. The molecule has 4 N–H and O–H groups in total. The van der Waals surface area contributed by atoms with Gasteiger partial charge in [-0.1, -0.05) is 121 Å². The lowest BCUT2D eigenvalue weighted by molar-refractivity contribution is -0.142. The van der Waals surface area contributed by atoms with Gasteiger partial charge in [0.2, 0.25) is 17.7 Å². The SMILES string of the molecule is CCCCCCCCCCCCCCCCCC(=O)NC(CCC(=O)CCCOCCOCC(=O)NCCOCCOCC(=O)NCCCC[C@H](C)C(C)=O)C(=O)O.[2H]S([3H])([3H])(C)(F)CSS. The molecule has 3 amide bonds. The lowest BCUT2D eigenvalue weighted by atomic mass is 10.0. The van der Waals surface area contributed by atoms with Crippen LogP contribution in [0.2, 0.25) is 0 Å². The largest absolute Gasteiger partial charge is 0.480 e. The van der Waals surface area contributed by atoms with Gasteiger partial charge in [0.25, 0.3) is 0 Å². The van der Waals surface area contributed by atoms with Gasteiger partial charge in [-0.15, -0.1) is 11.7 Å². The first-order chi connectivity index (χ1) is 31.6. The Hall–Kier alpha value is -1.96. The number of aliphatic carboxylic acids is 1. The van der Waals surface area contributed by atoms with Gasteiger partial charge in [0.1, 0.15) is 30.8 Å². The molecule has 14 nitrogen and oxygen atoms in total. The first-order valence-electron chi connectivity index (χ1n) is 25.0. The van der Waals surface area contributed by atoms with Crippen LogP contribution in [0.3, 0.4) is 0 Å². The summed E-state index contributed by atoms with van der Waals surface area (Å²) in [4.78, 5) is 71.2. The summed E-state index contributed by atoms with van der Waals surface area (Å²) in [6, 6.07) is -1.08. The molecule has 0 aliphatic rings. The maximum atomic E-state index is 12.8. The number of Topliss-reactive ketones (excluding diaryl/α,β-unsaturated/α-hetero) is 2. The predicted molar refractivity (Wildman–Crippen MR) is 266 cm³/mol. The summed E-state index contributed by atoms with van der Waals surface area (Å²) < 4.78 is 54.5. The Kier molecular flexibility index (Phi) is 44.5. The standard InChI is InChI=1S/C44H81N3O11.C2H9FS3/c1-4-5-6-7-8-9-10-11-12-13-14-15-16-17-18-24-41(50)47-40(44(53)54)26-25-39(49)23-21-29-55-31-33-57-36-43(52)46-28-30-56-32-34-58-35-42(51)45-27-20-19-22-37(2)38(3)48;1-6(3)2-5-4/h37,40H,4-36H2,1-3H3,(H,45,51)(H,46,52)(H,47,50)(H,53,54);4H,2H2,1,6H3/t37-,40?;/m0./s1/i;6T2D. The monoisotopic (exact) mass is 981 g/mol. The Balaban J connectivity index is 0. The van der Waals surface area contributed by atoms with E-state index in [0.29, 0.717) is 49.6 Å². The van der Waals surface area contributed by atoms with E-state index >= 15 is 0 Å². The zero-order chi connectivity index (χ0) is 50.7. The van der Waals surface area contributed by atoms with Crippen LogP contribution < -0.4 is 16.0 Å². The molecule has 0 aromatic carbocycles. The second-order valence-corrected chi connectivity index (χ2v) is 19.3.